The van der Waals surface area contributed by atoms with Gasteiger partial charge in [-0.3, -0.25) is 0 Å². The van der Waals surface area contributed by atoms with Gasteiger partial charge in [0.1, 0.15) is 0 Å². The Morgan fingerprint density at radius 1 is 0.935 bits per heavy atom. The summed E-state index contributed by atoms with van der Waals surface area (Å²) in [5, 5.41) is 0. The molecule has 1 aromatic heterocycles. The lowest BCUT2D eigenvalue weighted by molar-refractivity contribution is 0.148. The van der Waals surface area contributed by atoms with Crippen molar-refractivity contribution in [1.29, 1.82) is 0 Å². The van der Waals surface area contributed by atoms with Crippen molar-refractivity contribution >= 4 is 28.7 Å². The second-order valence-electron chi connectivity index (χ2n) is 8.69. The lowest BCUT2D eigenvalue weighted by atomic mass is 10.1. The number of hydrogen-bond acceptors (Lipinski definition) is 5. The molecular formula is C24H30N6O. The van der Waals surface area contributed by atoms with Crippen molar-refractivity contribution in [3.05, 3.63) is 54.6 Å². The molecule has 0 spiro atoms. The molecule has 2 aromatic carbocycles. The fraction of sp³-hybridized carbons (Fsp3) is 0.417. The highest BCUT2D eigenvalue weighted by molar-refractivity contribution is 5.94. The number of para-hydroxylation sites is 3. The van der Waals surface area contributed by atoms with Gasteiger partial charge in [0.2, 0.25) is 5.95 Å². The predicted octanol–water partition coefficient (Wildman–Crippen LogP) is 3.09. The summed E-state index contributed by atoms with van der Waals surface area (Å²) >= 11 is 0. The van der Waals surface area contributed by atoms with Crippen LogP contribution in [0.25, 0.3) is 11.0 Å². The van der Waals surface area contributed by atoms with E-state index in [0.29, 0.717) is 12.5 Å². The van der Waals surface area contributed by atoms with E-state index in [-0.39, 0.29) is 12.1 Å². The summed E-state index contributed by atoms with van der Waals surface area (Å²) in [6, 6.07) is 18.4. The number of fused-ring (bicyclic) bond motifs is 3. The van der Waals surface area contributed by atoms with Gasteiger partial charge in [0, 0.05) is 52.0 Å². The van der Waals surface area contributed by atoms with Crippen LogP contribution in [0, 0.1) is 0 Å². The monoisotopic (exact) mass is 418 g/mol. The molecule has 1 unspecified atom stereocenters. The highest BCUT2D eigenvalue weighted by Crippen LogP contribution is 2.34. The second kappa shape index (κ2) is 8.32. The Bertz CT molecular complexity index is 1060. The quantitative estimate of drug-likeness (QED) is 0.652. The topological polar surface area (TPSA) is 47.9 Å². The van der Waals surface area contributed by atoms with E-state index in [1.54, 1.807) is 4.57 Å². The molecule has 31 heavy (non-hydrogen) atoms. The SMILES string of the molecule is CN1CCN(CCC2CN(C)C(=O)n3c(nc4ccccc43)N2c2ccccc2)CC1. The van der Waals surface area contributed by atoms with Gasteiger partial charge in [-0.15, -0.1) is 0 Å². The number of piperazine rings is 1. The first-order valence-electron chi connectivity index (χ1n) is 11.1. The Morgan fingerprint density at radius 2 is 1.65 bits per heavy atom. The van der Waals surface area contributed by atoms with Crippen molar-refractivity contribution in [2.24, 2.45) is 0 Å². The molecule has 0 bridgehead atoms. The van der Waals surface area contributed by atoms with Crippen molar-refractivity contribution < 1.29 is 4.79 Å². The lowest BCUT2D eigenvalue weighted by Gasteiger charge is -2.36. The zero-order chi connectivity index (χ0) is 21.4. The minimum absolute atomic E-state index is 0.0215. The van der Waals surface area contributed by atoms with Crippen LogP contribution in [0.3, 0.4) is 0 Å². The van der Waals surface area contributed by atoms with Gasteiger partial charge in [-0.2, -0.15) is 0 Å². The molecule has 2 aliphatic rings. The fourth-order valence-corrected chi connectivity index (χ4v) is 4.71. The lowest BCUT2D eigenvalue weighted by Crippen LogP contribution is -2.47. The maximum atomic E-state index is 13.4. The summed E-state index contributed by atoms with van der Waals surface area (Å²) in [4.78, 5) is 27.4. The largest absolute Gasteiger partial charge is 0.331 e. The van der Waals surface area contributed by atoms with Crippen LogP contribution >= 0.6 is 0 Å². The predicted molar refractivity (Wildman–Crippen MR) is 124 cm³/mol. The van der Waals surface area contributed by atoms with Gasteiger partial charge in [0.05, 0.1) is 17.1 Å². The number of nitrogens with zero attached hydrogens (tertiary/aromatic N) is 6. The normalized spacial score (nSPS) is 20.8. The number of aromatic nitrogens is 2. The molecule has 7 heteroatoms. The average molecular weight is 419 g/mol. The maximum absolute atomic E-state index is 13.4. The van der Waals surface area contributed by atoms with Crippen molar-refractivity contribution in [2.75, 3.05) is 58.3 Å². The van der Waals surface area contributed by atoms with Gasteiger partial charge in [-0.1, -0.05) is 30.3 Å². The number of anilines is 2. The number of amides is 1. The van der Waals surface area contributed by atoms with Crippen LogP contribution < -0.4 is 4.90 Å². The molecule has 5 rings (SSSR count). The highest BCUT2D eigenvalue weighted by Gasteiger charge is 2.34. The standard InChI is InChI=1S/C24H30N6O/c1-26-14-16-28(17-15-26)13-12-20-18-27(2)24(31)30-22-11-7-6-10-21(22)25-23(30)29(20)19-8-4-3-5-9-19/h3-11,20H,12-18H2,1-2H3. The number of benzene rings is 2. The van der Waals surface area contributed by atoms with Crippen LogP contribution in [0.4, 0.5) is 16.4 Å². The molecule has 162 valence electrons. The van der Waals surface area contributed by atoms with Crippen molar-refractivity contribution in [3.8, 4) is 0 Å². The van der Waals surface area contributed by atoms with Crippen LogP contribution in [-0.2, 0) is 0 Å². The number of likely N-dealkylation sites (N-methyl/N-ethyl adjacent to an activating group) is 2. The Hall–Kier alpha value is -2.90. The van der Waals surface area contributed by atoms with Crippen LogP contribution in [-0.4, -0.2) is 89.7 Å². The molecule has 0 radical (unpaired) electrons. The number of rotatable bonds is 4. The third-order valence-corrected chi connectivity index (χ3v) is 6.53. The molecular weight excluding hydrogens is 388 g/mol. The fourth-order valence-electron chi connectivity index (χ4n) is 4.71. The number of carbonyl (C=O) groups excluding carboxylic acids is 1. The molecule has 1 fully saturated rings. The third-order valence-electron chi connectivity index (χ3n) is 6.53. The van der Waals surface area contributed by atoms with Crippen LogP contribution in [0.15, 0.2) is 54.6 Å². The van der Waals surface area contributed by atoms with E-state index < -0.39 is 0 Å². The van der Waals surface area contributed by atoms with Gasteiger partial charge < -0.3 is 19.6 Å². The van der Waals surface area contributed by atoms with E-state index >= 15 is 0 Å². The van der Waals surface area contributed by atoms with E-state index in [2.05, 4.69) is 46.0 Å². The Morgan fingerprint density at radius 3 is 2.42 bits per heavy atom. The first kappa shape index (κ1) is 20.0. The molecule has 1 amide bonds. The maximum Gasteiger partial charge on any atom is 0.331 e. The van der Waals surface area contributed by atoms with Gasteiger partial charge >= 0.3 is 6.03 Å². The van der Waals surface area contributed by atoms with E-state index in [0.717, 1.165) is 55.9 Å². The van der Waals surface area contributed by atoms with Crippen LogP contribution in [0.1, 0.15) is 6.42 Å². The number of carbonyl (C=O) groups is 1. The minimum atomic E-state index is -0.0215. The van der Waals surface area contributed by atoms with E-state index in [1.807, 2.05) is 42.3 Å². The van der Waals surface area contributed by atoms with Crippen LogP contribution in [0.5, 0.6) is 0 Å². The smallest absolute Gasteiger partial charge is 0.325 e. The summed E-state index contributed by atoms with van der Waals surface area (Å²) in [6.07, 6.45) is 0.972. The van der Waals surface area contributed by atoms with E-state index in [9.17, 15) is 4.79 Å². The Balaban J connectivity index is 1.54. The zero-order valence-corrected chi connectivity index (χ0v) is 18.3. The minimum Gasteiger partial charge on any atom is -0.325 e. The molecule has 1 atom stereocenters. The average Bonchev–Trinajstić information content (AvgIpc) is 3.13. The summed E-state index contributed by atoms with van der Waals surface area (Å²) < 4.78 is 1.78. The Kier molecular flexibility index (Phi) is 5.38. The number of hydrogen-bond donors (Lipinski definition) is 0. The molecule has 2 aliphatic heterocycles. The van der Waals surface area contributed by atoms with Crippen LogP contribution in [0.2, 0.25) is 0 Å². The van der Waals surface area contributed by atoms with Crippen molar-refractivity contribution in [3.63, 3.8) is 0 Å². The van der Waals surface area contributed by atoms with Crippen molar-refractivity contribution in [1.82, 2.24) is 24.3 Å². The van der Waals surface area contributed by atoms with E-state index in [1.165, 1.54) is 0 Å². The third kappa shape index (κ3) is 3.79. The summed E-state index contributed by atoms with van der Waals surface area (Å²) in [7, 11) is 4.09. The molecule has 0 aliphatic carbocycles. The molecule has 3 aromatic rings. The Labute approximate surface area is 183 Å². The zero-order valence-electron chi connectivity index (χ0n) is 18.3. The van der Waals surface area contributed by atoms with Gasteiger partial charge in [-0.25, -0.2) is 14.3 Å². The molecule has 1 saturated heterocycles. The summed E-state index contributed by atoms with van der Waals surface area (Å²) in [5.74, 6) is 0.713. The molecule has 3 heterocycles. The second-order valence-corrected chi connectivity index (χ2v) is 8.69. The molecule has 0 saturated carbocycles. The van der Waals surface area contributed by atoms with Crippen molar-refractivity contribution in [2.45, 2.75) is 12.5 Å². The highest BCUT2D eigenvalue weighted by atomic mass is 16.2. The molecule has 0 N–H and O–H groups in total. The summed E-state index contributed by atoms with van der Waals surface area (Å²) in [6.45, 7) is 6.11. The van der Waals surface area contributed by atoms with Gasteiger partial charge in [0.25, 0.3) is 0 Å². The number of imidazole rings is 1. The molecule has 7 nitrogen and oxygen atoms in total. The first-order chi connectivity index (χ1) is 15.1. The van der Waals surface area contributed by atoms with Gasteiger partial charge in [-0.05, 0) is 37.7 Å². The summed E-state index contributed by atoms with van der Waals surface area (Å²) in [5.41, 5.74) is 2.78. The van der Waals surface area contributed by atoms with Gasteiger partial charge in [0.15, 0.2) is 0 Å². The van der Waals surface area contributed by atoms with E-state index in [4.69, 9.17) is 4.98 Å². The first-order valence-corrected chi connectivity index (χ1v) is 11.1.